The topological polar surface area (TPSA) is 38.3 Å². The van der Waals surface area contributed by atoms with E-state index in [-0.39, 0.29) is 11.6 Å². The van der Waals surface area contributed by atoms with E-state index in [0.29, 0.717) is 24.5 Å². The molecule has 2 aliphatic heterocycles. The normalized spacial score (nSPS) is 31.1. The quantitative estimate of drug-likeness (QED) is 0.794. The molecule has 3 unspecified atom stereocenters. The number of rotatable bonds is 6. The maximum Gasteiger partial charge on any atom is 0.135 e. The van der Waals surface area contributed by atoms with E-state index in [2.05, 4.69) is 42.6 Å². The average Bonchev–Trinajstić information content (AvgIpc) is 2.63. The predicted octanol–water partition coefficient (Wildman–Crippen LogP) is 4.22. The molecule has 0 amide bonds. The first kappa shape index (κ1) is 17.6. The van der Waals surface area contributed by atoms with Gasteiger partial charge in [-0.1, -0.05) is 56.5 Å². The largest absolute Gasteiger partial charge is 0.373 e. The fourth-order valence-electron chi connectivity index (χ4n) is 4.58. The molecule has 2 saturated heterocycles. The molecule has 2 heterocycles. The van der Waals surface area contributed by atoms with Crippen molar-refractivity contribution in [1.82, 2.24) is 5.32 Å². The SMILES string of the molecule is CCCCCC1(C2CC(=O)CCN2)OCCCC1c1ccccc1. The van der Waals surface area contributed by atoms with Gasteiger partial charge in [-0.25, -0.2) is 0 Å². The fourth-order valence-corrected chi connectivity index (χ4v) is 4.58. The summed E-state index contributed by atoms with van der Waals surface area (Å²) in [6.45, 7) is 3.86. The minimum atomic E-state index is -0.231. The van der Waals surface area contributed by atoms with Crippen LogP contribution in [-0.4, -0.2) is 30.6 Å². The zero-order valence-electron chi connectivity index (χ0n) is 14.9. The molecule has 0 radical (unpaired) electrons. The van der Waals surface area contributed by atoms with Crippen molar-refractivity contribution in [2.75, 3.05) is 13.2 Å². The van der Waals surface area contributed by atoms with E-state index in [9.17, 15) is 4.79 Å². The van der Waals surface area contributed by atoms with Gasteiger partial charge >= 0.3 is 0 Å². The molecule has 3 rings (SSSR count). The summed E-state index contributed by atoms with van der Waals surface area (Å²) in [4.78, 5) is 12.1. The molecule has 0 aromatic heterocycles. The molecule has 0 spiro atoms. The van der Waals surface area contributed by atoms with Gasteiger partial charge in [0.2, 0.25) is 0 Å². The first-order valence-corrected chi connectivity index (χ1v) is 9.70. The Morgan fingerprint density at radius 2 is 2.08 bits per heavy atom. The lowest BCUT2D eigenvalue weighted by Gasteiger charge is -2.50. The third-order valence-corrected chi connectivity index (χ3v) is 5.79. The minimum absolute atomic E-state index is 0.154. The van der Waals surface area contributed by atoms with Crippen molar-refractivity contribution in [3.63, 3.8) is 0 Å². The molecule has 0 aliphatic carbocycles. The van der Waals surface area contributed by atoms with Gasteiger partial charge in [-0.05, 0) is 24.8 Å². The summed E-state index contributed by atoms with van der Waals surface area (Å²) in [5.74, 6) is 0.766. The number of piperidine rings is 1. The molecule has 3 heteroatoms. The molecule has 132 valence electrons. The summed E-state index contributed by atoms with van der Waals surface area (Å²) in [5, 5.41) is 3.64. The van der Waals surface area contributed by atoms with Gasteiger partial charge < -0.3 is 10.1 Å². The summed E-state index contributed by atoms with van der Waals surface area (Å²) in [7, 11) is 0. The van der Waals surface area contributed by atoms with E-state index < -0.39 is 0 Å². The van der Waals surface area contributed by atoms with Crippen LogP contribution in [-0.2, 0) is 9.53 Å². The van der Waals surface area contributed by atoms with Crippen molar-refractivity contribution in [1.29, 1.82) is 0 Å². The molecule has 3 atom stereocenters. The van der Waals surface area contributed by atoms with Gasteiger partial charge in [-0.3, -0.25) is 4.79 Å². The number of nitrogens with one attached hydrogen (secondary N) is 1. The van der Waals surface area contributed by atoms with Gasteiger partial charge in [0.25, 0.3) is 0 Å². The smallest absolute Gasteiger partial charge is 0.135 e. The molecule has 0 saturated carbocycles. The summed E-state index contributed by atoms with van der Waals surface area (Å²) < 4.78 is 6.55. The van der Waals surface area contributed by atoms with Crippen LogP contribution >= 0.6 is 0 Å². The summed E-state index contributed by atoms with van der Waals surface area (Å²) in [5.41, 5.74) is 1.14. The Hall–Kier alpha value is -1.19. The molecule has 0 bridgehead atoms. The fraction of sp³-hybridized carbons (Fsp3) is 0.667. The van der Waals surface area contributed by atoms with Gasteiger partial charge in [0.15, 0.2) is 0 Å². The van der Waals surface area contributed by atoms with E-state index in [1.165, 1.54) is 24.8 Å². The lowest BCUT2D eigenvalue weighted by Crippen LogP contribution is -2.60. The summed E-state index contributed by atoms with van der Waals surface area (Å²) >= 11 is 0. The lowest BCUT2D eigenvalue weighted by atomic mass is 9.68. The van der Waals surface area contributed by atoms with Gasteiger partial charge in [-0.15, -0.1) is 0 Å². The second-order valence-corrected chi connectivity index (χ2v) is 7.37. The van der Waals surface area contributed by atoms with Crippen molar-refractivity contribution in [2.24, 2.45) is 0 Å². The zero-order valence-corrected chi connectivity index (χ0v) is 14.9. The highest BCUT2D eigenvalue weighted by Crippen LogP contribution is 2.46. The van der Waals surface area contributed by atoms with Crippen LogP contribution < -0.4 is 5.32 Å². The number of Topliss-reactive ketones (excluding diaryl/α,β-unsaturated/α-hetero) is 1. The van der Waals surface area contributed by atoms with E-state index in [0.717, 1.165) is 32.4 Å². The highest BCUT2D eigenvalue weighted by atomic mass is 16.5. The van der Waals surface area contributed by atoms with Gasteiger partial charge in [0, 0.05) is 38.0 Å². The number of hydrogen-bond donors (Lipinski definition) is 1. The molecule has 1 N–H and O–H groups in total. The number of hydrogen-bond acceptors (Lipinski definition) is 3. The Bertz CT molecular complexity index is 530. The Morgan fingerprint density at radius 1 is 1.25 bits per heavy atom. The number of benzene rings is 1. The number of ether oxygens (including phenoxy) is 1. The molecule has 1 aromatic rings. The third-order valence-electron chi connectivity index (χ3n) is 5.79. The van der Waals surface area contributed by atoms with Crippen molar-refractivity contribution < 1.29 is 9.53 Å². The van der Waals surface area contributed by atoms with Crippen LogP contribution in [0.15, 0.2) is 30.3 Å². The summed E-state index contributed by atoms with van der Waals surface area (Å²) in [6.07, 6.45) is 8.21. The van der Waals surface area contributed by atoms with E-state index in [4.69, 9.17) is 4.74 Å². The van der Waals surface area contributed by atoms with Crippen molar-refractivity contribution in [3.8, 4) is 0 Å². The molecule has 24 heavy (non-hydrogen) atoms. The van der Waals surface area contributed by atoms with Gasteiger partial charge in [0.05, 0.1) is 5.60 Å². The van der Waals surface area contributed by atoms with Gasteiger partial charge in [-0.2, -0.15) is 0 Å². The number of ketones is 1. The van der Waals surface area contributed by atoms with Crippen LogP contribution in [0.25, 0.3) is 0 Å². The Morgan fingerprint density at radius 3 is 2.83 bits per heavy atom. The van der Waals surface area contributed by atoms with E-state index in [1.807, 2.05) is 0 Å². The highest BCUT2D eigenvalue weighted by molar-refractivity contribution is 5.80. The minimum Gasteiger partial charge on any atom is -0.373 e. The van der Waals surface area contributed by atoms with Crippen LogP contribution in [0.3, 0.4) is 0 Å². The molecular weight excluding hydrogens is 298 g/mol. The first-order valence-electron chi connectivity index (χ1n) is 9.70. The van der Waals surface area contributed by atoms with Crippen LogP contribution in [0.4, 0.5) is 0 Å². The Kier molecular flexibility index (Phi) is 6.07. The summed E-state index contributed by atoms with van der Waals surface area (Å²) in [6, 6.07) is 11.0. The molecule has 1 aromatic carbocycles. The van der Waals surface area contributed by atoms with Crippen molar-refractivity contribution in [3.05, 3.63) is 35.9 Å². The van der Waals surface area contributed by atoms with Crippen LogP contribution in [0.2, 0.25) is 0 Å². The number of carbonyl (C=O) groups excluding carboxylic acids is 1. The number of carbonyl (C=O) groups is 1. The maximum atomic E-state index is 12.1. The van der Waals surface area contributed by atoms with Crippen molar-refractivity contribution >= 4 is 5.78 Å². The predicted molar refractivity (Wildman–Crippen MR) is 97.3 cm³/mol. The van der Waals surface area contributed by atoms with Crippen LogP contribution in [0.1, 0.15) is 69.8 Å². The lowest BCUT2D eigenvalue weighted by molar-refractivity contribution is -0.140. The molecule has 2 aliphatic rings. The molecule has 3 nitrogen and oxygen atoms in total. The standard InChI is InChI=1S/C21H31NO2/c1-2-3-7-13-21(20-16-18(23)12-14-22-20)19(11-8-15-24-21)17-9-5-4-6-10-17/h4-6,9-10,19-20,22H,2-3,7-8,11-16H2,1H3. The Balaban J connectivity index is 1.91. The monoisotopic (exact) mass is 329 g/mol. The highest BCUT2D eigenvalue weighted by Gasteiger charge is 2.49. The second kappa shape index (κ2) is 8.26. The second-order valence-electron chi connectivity index (χ2n) is 7.37. The Labute approximate surface area is 146 Å². The maximum absolute atomic E-state index is 12.1. The van der Waals surface area contributed by atoms with E-state index in [1.54, 1.807) is 0 Å². The molecular formula is C21H31NO2. The third kappa shape index (κ3) is 3.73. The van der Waals surface area contributed by atoms with Crippen molar-refractivity contribution in [2.45, 2.75) is 75.9 Å². The molecule has 2 fully saturated rings. The van der Waals surface area contributed by atoms with Gasteiger partial charge in [0.1, 0.15) is 5.78 Å². The number of unbranched alkanes of at least 4 members (excludes halogenated alkanes) is 2. The van der Waals surface area contributed by atoms with Crippen LogP contribution in [0.5, 0.6) is 0 Å². The van der Waals surface area contributed by atoms with E-state index >= 15 is 0 Å². The zero-order chi connectivity index (χ0) is 16.8. The average molecular weight is 329 g/mol. The first-order chi connectivity index (χ1) is 11.8. The van der Waals surface area contributed by atoms with Crippen LogP contribution in [0, 0.1) is 0 Å².